The predicted molar refractivity (Wildman–Crippen MR) is 567 cm³/mol. The van der Waals surface area contributed by atoms with Crippen molar-refractivity contribution in [2.75, 3.05) is 6.61 Å². The Hall–Kier alpha value is -2.17. The molecule has 11 saturated heterocycles. The fourth-order valence-corrected chi connectivity index (χ4v) is 39.5. The third kappa shape index (κ3) is 28.1. The normalized spacial score (nSPS) is 37.7. The molecule has 20 rings (SSSR count). The molecule has 0 spiro atoms. The first kappa shape index (κ1) is 115. The molecule has 3 N–H and O–H groups in total. The molecule has 782 valence electrons. The maximum atomic E-state index is 10.4. The summed E-state index contributed by atoms with van der Waals surface area (Å²) in [5, 5.41) is 7.14. The molecule has 11 aliphatic heterocycles. The molecule has 0 bridgehead atoms. The molecule has 6 unspecified atom stereocenters. The van der Waals surface area contributed by atoms with Gasteiger partial charge in [-0.05, 0) is 268 Å². The molecular weight excluding hydrogens is 1900 g/mol. The number of allylic oxidation sites excluding steroid dienone is 10. The Morgan fingerprint density at radius 1 is 0.370 bits per heavy atom. The van der Waals surface area contributed by atoms with E-state index in [2.05, 4.69) is 165 Å². The van der Waals surface area contributed by atoms with Crippen molar-refractivity contribution in [3.05, 3.63) is 141 Å². The van der Waals surface area contributed by atoms with Gasteiger partial charge in [-0.1, -0.05) is 185 Å². The Labute approximate surface area is 840 Å². The summed E-state index contributed by atoms with van der Waals surface area (Å²) in [5.74, 6) is -4.24. The van der Waals surface area contributed by atoms with Crippen molar-refractivity contribution in [3.63, 3.8) is 0 Å². The number of hydrogen-bond acceptors (Lipinski definition) is 25. The minimum atomic E-state index is -2.43. The van der Waals surface area contributed by atoms with Crippen LogP contribution in [-0.2, 0) is 104 Å². The van der Waals surface area contributed by atoms with Crippen molar-refractivity contribution in [1.29, 1.82) is 0 Å². The van der Waals surface area contributed by atoms with Gasteiger partial charge < -0.3 is 118 Å². The summed E-state index contributed by atoms with van der Waals surface area (Å²) < 4.78 is 130. The van der Waals surface area contributed by atoms with Crippen LogP contribution in [0.4, 0.5) is 0 Å². The van der Waals surface area contributed by atoms with E-state index in [9.17, 15) is 14.4 Å². The summed E-state index contributed by atoms with van der Waals surface area (Å²) in [5.41, 5.74) is 1.57. The van der Waals surface area contributed by atoms with Gasteiger partial charge in [0.25, 0.3) is 0 Å². The lowest BCUT2D eigenvalue weighted by molar-refractivity contribution is -0.147. The number of epoxide rings is 2. The molecule has 0 aromatic rings. The molecule has 12 fully saturated rings. The van der Waals surface area contributed by atoms with Crippen LogP contribution >= 0.6 is 0 Å². The van der Waals surface area contributed by atoms with E-state index < -0.39 is 117 Å². The average Bonchev–Trinajstić information content (AvgIpc) is 1.51. The quantitative estimate of drug-likeness (QED) is 0.0878. The van der Waals surface area contributed by atoms with E-state index >= 15 is 0 Å². The Bertz CT molecular complexity index is 4560. The van der Waals surface area contributed by atoms with Gasteiger partial charge in [-0.2, -0.15) is 0 Å². The molecule has 138 heavy (non-hydrogen) atoms. The van der Waals surface area contributed by atoms with Crippen LogP contribution in [0.25, 0.3) is 0 Å². The molecule has 11 heterocycles. The Morgan fingerprint density at radius 3 is 1.30 bits per heavy atom. The molecule has 24 atom stereocenters. The third-order valence-electron chi connectivity index (χ3n) is 28.6. The monoisotopic (exact) mass is 2080 g/mol. The number of ether oxygens (including phenoxy) is 20. The lowest BCUT2D eigenvalue weighted by Gasteiger charge is -2.33. The first-order valence-corrected chi connectivity index (χ1v) is 78.1. The fraction of sp³-hybridized carbons (Fsp3) is 0.769. The highest BCUT2D eigenvalue weighted by Gasteiger charge is 2.76. The lowest BCUT2D eigenvalue weighted by Crippen LogP contribution is -2.58. The van der Waals surface area contributed by atoms with Gasteiger partial charge in [0.2, 0.25) is 41.6 Å². The Kier molecular flexibility index (Phi) is 35.7. The van der Waals surface area contributed by atoms with Gasteiger partial charge >= 0.3 is 0 Å². The molecular formula is C104H180O25Si9. The second kappa shape index (κ2) is 43.1. The van der Waals surface area contributed by atoms with Crippen LogP contribution in [-0.4, -0.2) is 289 Å². The van der Waals surface area contributed by atoms with E-state index in [0.717, 1.165) is 34.5 Å². The summed E-state index contributed by atoms with van der Waals surface area (Å²) in [6.07, 6.45) is 47.5. The minimum absolute atomic E-state index is 0.0120. The molecule has 9 aliphatic carbocycles. The maximum absolute atomic E-state index is 10.4. The smallest absolute Gasteiger partial charge is 0.221 e. The summed E-state index contributed by atoms with van der Waals surface area (Å²) in [7, 11) is -13.6. The van der Waals surface area contributed by atoms with E-state index in [-0.39, 0.29) is 127 Å². The van der Waals surface area contributed by atoms with Crippen molar-refractivity contribution in [1.82, 2.24) is 0 Å². The largest absolute Gasteiger partial charge is 0.429 e. The van der Waals surface area contributed by atoms with Crippen molar-refractivity contribution in [2.24, 2.45) is 0 Å². The zero-order valence-electron chi connectivity index (χ0n) is 91.3. The highest BCUT2D eigenvalue weighted by Crippen LogP contribution is 2.56. The van der Waals surface area contributed by atoms with Gasteiger partial charge in [0.15, 0.2) is 52.1 Å². The molecule has 0 aromatic heterocycles. The second-order valence-corrected chi connectivity index (χ2v) is 80.3. The fourth-order valence-electron chi connectivity index (χ4n) is 22.7. The molecule has 25 nitrogen and oxygen atoms in total. The van der Waals surface area contributed by atoms with Gasteiger partial charge in [0.1, 0.15) is 109 Å². The maximum Gasteiger partial charge on any atom is 0.221 e. The van der Waals surface area contributed by atoms with Gasteiger partial charge in [-0.3, -0.25) is 0 Å². The van der Waals surface area contributed by atoms with E-state index in [0.29, 0.717) is 24.4 Å². The lowest BCUT2D eigenvalue weighted by atomic mass is 9.94. The zero-order valence-corrected chi connectivity index (χ0v) is 101. The highest BCUT2D eigenvalue weighted by atomic mass is 28.4. The molecule has 0 amide bonds. The van der Waals surface area contributed by atoms with Gasteiger partial charge in [-0.25, -0.2) is 0 Å². The summed E-state index contributed by atoms with van der Waals surface area (Å²) >= 11 is 0. The van der Waals surface area contributed by atoms with Crippen LogP contribution in [0.3, 0.4) is 0 Å². The zero-order chi connectivity index (χ0) is 102. The Balaban J connectivity index is 0.000000139. The molecule has 0 radical (unpaired) electrons. The van der Waals surface area contributed by atoms with Crippen molar-refractivity contribution in [2.45, 2.75) is 504 Å². The summed E-state index contributed by atoms with van der Waals surface area (Å²) in [6.45, 7) is 81.7. The van der Waals surface area contributed by atoms with Crippen LogP contribution in [0.1, 0.15) is 184 Å². The van der Waals surface area contributed by atoms with Crippen LogP contribution in [0.15, 0.2) is 141 Å². The molecule has 20 aliphatic rings. The van der Waals surface area contributed by atoms with E-state index in [1.807, 2.05) is 207 Å². The first-order chi connectivity index (χ1) is 63.4. The van der Waals surface area contributed by atoms with Crippen molar-refractivity contribution >= 4 is 76.8 Å². The topological polar surface area (TPSA) is 270 Å². The standard InChI is InChI=1S/C14H24O3Si.C13H22O3Si.2C11H18O4Si.C11H18O3Si.C11H22O2Si.2C11H20O2Si.C11H18O2Si/c1-10(2)17-18(5,6)12-9-7-8-11-13(12)16-14(3,4)15-11;1-6-14-17(4,5)11-9-7-8-10-12(11)16-13(2,3)15-10;1-11(2)14-9-7(16(3,4)12)5-6-8(13-6)10(9)15-11;1-10(2)13-7-5-6-8-11(14-8,9(7)15-10)16(3,4)12;1-11(2)13-8-6-5-7-9(10(8)14-11)15(3,4)12;4*1-11(2)12-8-6-5-7-9(14(3)4)10(8)13-11/h7-11,13H,1-6H3;7-10,12H,6H2,1-5H3;5-6,8-10,12H,1-4H3;5-9,12H,1-4H3;5-8,10,12H,1-4H3;8-10,14H,5-7H2,1-4H3;7-8,10,14H,5-6H2,1-4H3;5-6,8-10,14H,7H2,1-4H3;5-8,10,14H,1-4H3/t11-,13-;10-,12-;6?,8?,9-,10+;7-,8?,9-,11?;8-,10-;8-,9?,10-;8-,10-;8-,9?,10-;8-,10-/m001000000/s1. The SMILES string of the molecule is CC(C)O[Si](C)(C)C1=CC=C[C@@H]2OC(C)(C)O[C@H]12.CC1(C)O[C@@H]2C([Si](C)(C)O)=CC3OC3[C@@H]2O1.CC1(C)O[C@H]2C=CC3OC3([Si](C)(C)O)[C@H]2O1.CC1(C)O[C@H]2C=CC=C([Si](C)(C)O)[C@H]2O1.CCO[Si](C)(C)C1=CC=C[C@@H]2OC(C)(C)O[C@H]12.C[SiH](C)C1=CC=C[C@@H]2OC(C)(C)O[C@H]12.C[SiH](C)C1=CCC[C@@H]2OC(C)(C)O[C@H]12.C[SiH](C)C1CC=C[C@@H]2OC(C)(C)O[C@H]12.C[SiH](C)C1CCC[C@@H]2OC(C)(C)O[C@H]12. The molecule has 0 aromatic carbocycles. The van der Waals surface area contributed by atoms with Crippen molar-refractivity contribution in [3.8, 4) is 0 Å². The van der Waals surface area contributed by atoms with Crippen LogP contribution in [0.5, 0.6) is 0 Å². The Morgan fingerprint density at radius 2 is 0.790 bits per heavy atom. The van der Waals surface area contributed by atoms with Crippen molar-refractivity contribution < 1.29 is 118 Å². The second-order valence-electron chi connectivity index (χ2n) is 48.7. The summed E-state index contributed by atoms with van der Waals surface area (Å²) in [4.78, 5) is 30.8. The van der Waals surface area contributed by atoms with Gasteiger partial charge in [-0.15, -0.1) is 0 Å². The van der Waals surface area contributed by atoms with E-state index in [1.54, 1.807) is 5.20 Å². The van der Waals surface area contributed by atoms with Gasteiger partial charge in [0.05, 0.1) is 42.0 Å². The number of hydrogen-bond donors (Lipinski definition) is 3. The number of fused-ring (bicyclic) bond motifs is 13. The molecule has 1 saturated carbocycles. The van der Waals surface area contributed by atoms with Gasteiger partial charge in [0, 0.05) is 30.3 Å². The first-order valence-electron chi connectivity index (χ1n) is 51.7. The summed E-state index contributed by atoms with van der Waals surface area (Å²) in [6, 6.07) is 0. The third-order valence-corrected chi connectivity index (χ3v) is 49.3. The average molecular weight is 2080 g/mol. The van der Waals surface area contributed by atoms with Crippen LogP contribution in [0.2, 0.25) is 129 Å². The van der Waals surface area contributed by atoms with Crippen LogP contribution in [0, 0.1) is 0 Å². The van der Waals surface area contributed by atoms with E-state index in [4.69, 9.17) is 104 Å². The van der Waals surface area contributed by atoms with Crippen LogP contribution < -0.4 is 0 Å². The molecule has 34 heteroatoms. The highest BCUT2D eigenvalue weighted by molar-refractivity contribution is 6.80. The minimum Gasteiger partial charge on any atom is -0.429 e. The number of rotatable bonds is 13. The van der Waals surface area contributed by atoms with E-state index in [1.165, 1.54) is 47.7 Å². The predicted octanol–water partition coefficient (Wildman–Crippen LogP) is 18.7.